The zero-order valence-electron chi connectivity index (χ0n) is 11.1. The van der Waals surface area contributed by atoms with Crippen molar-refractivity contribution in [1.29, 1.82) is 0 Å². The first-order valence-electron chi connectivity index (χ1n) is 6.32. The highest BCUT2D eigenvalue weighted by Crippen LogP contribution is 2.16. The Balaban J connectivity index is 1.71. The van der Waals surface area contributed by atoms with Crippen LogP contribution in [0.1, 0.15) is 17.3 Å². The Kier molecular flexibility index (Phi) is 3.20. The summed E-state index contributed by atoms with van der Waals surface area (Å²) in [7, 11) is 0. The third-order valence-electron chi connectivity index (χ3n) is 3.02. The average molecular weight is 270 g/mol. The van der Waals surface area contributed by atoms with Gasteiger partial charge in [-0.15, -0.1) is 0 Å². The molecule has 0 aliphatic heterocycles. The van der Waals surface area contributed by atoms with Crippen molar-refractivity contribution in [3.05, 3.63) is 48.5 Å². The van der Waals surface area contributed by atoms with Gasteiger partial charge in [-0.3, -0.25) is 9.48 Å². The average Bonchev–Trinajstić information content (AvgIpc) is 3.06. The van der Waals surface area contributed by atoms with E-state index in [4.69, 9.17) is 4.74 Å². The van der Waals surface area contributed by atoms with Crippen molar-refractivity contribution in [2.24, 2.45) is 0 Å². The maximum absolute atomic E-state index is 11.4. The number of nitrogens with zero attached hydrogens (tertiary/aromatic N) is 4. The summed E-state index contributed by atoms with van der Waals surface area (Å²) in [5, 5.41) is 8.26. The highest BCUT2D eigenvalue weighted by atomic mass is 16.5. The largest absolute Gasteiger partial charge is 0.490 e. The van der Waals surface area contributed by atoms with Gasteiger partial charge in [0.25, 0.3) is 0 Å². The number of Topliss-reactive ketones (excluding diaryl/α,β-unsaturated/α-hetero) is 1. The molecule has 6 heteroatoms. The summed E-state index contributed by atoms with van der Waals surface area (Å²) >= 11 is 0. The number of hydrogen-bond acceptors (Lipinski definition) is 4. The maximum Gasteiger partial charge on any atom is 0.163 e. The number of carbonyl (C=O) groups is 1. The van der Waals surface area contributed by atoms with E-state index in [-0.39, 0.29) is 5.78 Å². The van der Waals surface area contributed by atoms with Crippen LogP contribution < -0.4 is 4.74 Å². The van der Waals surface area contributed by atoms with E-state index >= 15 is 0 Å². The number of ketones is 1. The molecule has 0 bridgehead atoms. The van der Waals surface area contributed by atoms with Crippen LogP contribution in [-0.2, 0) is 6.54 Å². The number of rotatable bonds is 5. The Hall–Kier alpha value is -2.63. The lowest BCUT2D eigenvalue weighted by Crippen LogP contribution is -2.08. The van der Waals surface area contributed by atoms with Gasteiger partial charge in [-0.1, -0.05) is 0 Å². The van der Waals surface area contributed by atoms with Crippen LogP contribution in [0.2, 0.25) is 0 Å². The molecule has 0 radical (unpaired) electrons. The van der Waals surface area contributed by atoms with E-state index in [9.17, 15) is 4.79 Å². The summed E-state index contributed by atoms with van der Waals surface area (Å²) in [6.45, 7) is 2.74. The molecule has 3 rings (SSSR count). The second-order valence-electron chi connectivity index (χ2n) is 4.43. The van der Waals surface area contributed by atoms with Crippen LogP contribution in [0, 0.1) is 0 Å². The van der Waals surface area contributed by atoms with Crippen LogP contribution >= 0.6 is 0 Å². The van der Waals surface area contributed by atoms with Crippen molar-refractivity contribution in [2.75, 3.05) is 6.61 Å². The zero-order valence-corrected chi connectivity index (χ0v) is 11.1. The molecule has 20 heavy (non-hydrogen) atoms. The first-order chi connectivity index (χ1) is 9.74. The Labute approximate surface area is 115 Å². The summed E-state index contributed by atoms with van der Waals surface area (Å²) in [5.41, 5.74) is 1.41. The molecule has 0 N–H and O–H groups in total. The standard InChI is InChI=1S/C14H14N4O2/c1-11(19)13-9-16-18-10-12(3-4-14(13)18)20-8-7-17-6-2-5-15-17/h2-6,9-10H,7-8H2,1H3. The van der Waals surface area contributed by atoms with Gasteiger partial charge >= 0.3 is 0 Å². The first kappa shape index (κ1) is 12.4. The number of ether oxygens (including phenoxy) is 1. The van der Waals surface area contributed by atoms with Crippen molar-refractivity contribution in [3.63, 3.8) is 0 Å². The predicted molar refractivity (Wildman–Crippen MR) is 72.9 cm³/mol. The molecule has 0 spiro atoms. The Morgan fingerprint density at radius 1 is 1.35 bits per heavy atom. The van der Waals surface area contributed by atoms with Crippen LogP contribution in [0.4, 0.5) is 0 Å². The fourth-order valence-electron chi connectivity index (χ4n) is 2.01. The zero-order chi connectivity index (χ0) is 13.9. The van der Waals surface area contributed by atoms with E-state index in [1.54, 1.807) is 27.8 Å². The highest BCUT2D eigenvalue weighted by molar-refractivity contribution is 6.00. The van der Waals surface area contributed by atoms with Gasteiger partial charge in [0.05, 0.1) is 30.0 Å². The second-order valence-corrected chi connectivity index (χ2v) is 4.43. The molecule has 0 atom stereocenters. The van der Waals surface area contributed by atoms with Crippen LogP contribution in [0.15, 0.2) is 43.0 Å². The summed E-state index contributed by atoms with van der Waals surface area (Å²) in [4.78, 5) is 11.4. The molecule has 0 fully saturated rings. The van der Waals surface area contributed by atoms with Gasteiger partial charge in [-0.05, 0) is 25.1 Å². The molecule has 3 aromatic heterocycles. The molecule has 0 aromatic carbocycles. The predicted octanol–water partition coefficient (Wildman–Crippen LogP) is 1.81. The topological polar surface area (TPSA) is 61.4 Å². The number of carbonyl (C=O) groups excluding carboxylic acids is 1. The molecule has 0 saturated heterocycles. The molecule has 6 nitrogen and oxygen atoms in total. The summed E-state index contributed by atoms with van der Waals surface area (Å²) in [5.74, 6) is 0.718. The van der Waals surface area contributed by atoms with Gasteiger partial charge < -0.3 is 4.74 Å². The minimum atomic E-state index is 0.00681. The van der Waals surface area contributed by atoms with Crippen LogP contribution in [0.5, 0.6) is 5.75 Å². The number of fused-ring (bicyclic) bond motifs is 1. The summed E-state index contributed by atoms with van der Waals surface area (Å²) < 4.78 is 9.11. The Morgan fingerprint density at radius 2 is 2.25 bits per heavy atom. The van der Waals surface area contributed by atoms with Crippen molar-refractivity contribution in [2.45, 2.75) is 13.5 Å². The fourth-order valence-corrected chi connectivity index (χ4v) is 2.01. The molecule has 0 saturated carbocycles. The third-order valence-corrected chi connectivity index (χ3v) is 3.02. The van der Waals surface area contributed by atoms with Crippen molar-refractivity contribution >= 4 is 11.3 Å². The van der Waals surface area contributed by atoms with E-state index < -0.39 is 0 Å². The molecule has 3 aromatic rings. The molecule has 0 aliphatic carbocycles. The summed E-state index contributed by atoms with van der Waals surface area (Å²) in [6, 6.07) is 5.55. The third kappa shape index (κ3) is 2.40. The normalized spacial score (nSPS) is 10.8. The first-order valence-corrected chi connectivity index (χ1v) is 6.32. The van der Waals surface area contributed by atoms with Crippen molar-refractivity contribution in [1.82, 2.24) is 19.4 Å². The molecule has 102 valence electrons. The van der Waals surface area contributed by atoms with E-state index in [2.05, 4.69) is 10.2 Å². The quantitative estimate of drug-likeness (QED) is 0.663. The Morgan fingerprint density at radius 3 is 3.00 bits per heavy atom. The number of pyridine rings is 1. The van der Waals surface area contributed by atoms with Crippen molar-refractivity contribution < 1.29 is 9.53 Å². The monoisotopic (exact) mass is 270 g/mol. The Bertz CT molecular complexity index is 731. The lowest BCUT2D eigenvalue weighted by molar-refractivity contribution is 0.101. The van der Waals surface area contributed by atoms with E-state index in [1.165, 1.54) is 6.92 Å². The minimum absolute atomic E-state index is 0.00681. The molecule has 0 aliphatic rings. The van der Waals surface area contributed by atoms with Gasteiger partial charge in [-0.2, -0.15) is 10.2 Å². The van der Waals surface area contributed by atoms with Crippen LogP contribution in [0.3, 0.4) is 0 Å². The highest BCUT2D eigenvalue weighted by Gasteiger charge is 2.08. The van der Waals surface area contributed by atoms with Crippen LogP contribution in [-0.4, -0.2) is 31.8 Å². The van der Waals surface area contributed by atoms with Gasteiger partial charge in [0.2, 0.25) is 0 Å². The number of hydrogen-bond donors (Lipinski definition) is 0. The van der Waals surface area contributed by atoms with Gasteiger partial charge in [0.1, 0.15) is 12.4 Å². The van der Waals surface area contributed by atoms with Crippen LogP contribution in [0.25, 0.3) is 5.52 Å². The van der Waals surface area contributed by atoms with E-state index in [0.29, 0.717) is 24.5 Å². The molecule has 0 amide bonds. The molecule has 0 unspecified atom stereocenters. The van der Waals surface area contributed by atoms with Gasteiger partial charge in [0.15, 0.2) is 5.78 Å². The fraction of sp³-hybridized carbons (Fsp3) is 0.214. The maximum atomic E-state index is 11.4. The van der Waals surface area contributed by atoms with Crippen molar-refractivity contribution in [3.8, 4) is 5.75 Å². The minimum Gasteiger partial charge on any atom is -0.490 e. The van der Waals surface area contributed by atoms with Gasteiger partial charge in [-0.25, -0.2) is 4.52 Å². The second kappa shape index (κ2) is 5.16. The lowest BCUT2D eigenvalue weighted by Gasteiger charge is -2.06. The molecule has 3 heterocycles. The van der Waals surface area contributed by atoms with E-state index in [0.717, 1.165) is 5.52 Å². The number of aromatic nitrogens is 4. The lowest BCUT2D eigenvalue weighted by atomic mass is 10.2. The van der Waals surface area contributed by atoms with Gasteiger partial charge in [0, 0.05) is 12.4 Å². The summed E-state index contributed by atoms with van der Waals surface area (Å²) in [6.07, 6.45) is 6.97. The van der Waals surface area contributed by atoms with E-state index in [1.807, 2.05) is 24.4 Å². The SMILES string of the molecule is CC(=O)c1cnn2cc(OCCn3cccn3)ccc12. The smallest absolute Gasteiger partial charge is 0.163 e. The molecular weight excluding hydrogens is 256 g/mol. The molecular formula is C14H14N4O2.